The Morgan fingerprint density at radius 3 is 2.70 bits per heavy atom. The molecule has 1 atom stereocenters. The minimum Gasteiger partial charge on any atom is -0.296 e. The zero-order chi connectivity index (χ0) is 14.6. The first-order valence-corrected chi connectivity index (χ1v) is 8.95. The van der Waals surface area contributed by atoms with E-state index in [1.165, 1.54) is 11.1 Å². The van der Waals surface area contributed by atoms with Crippen molar-refractivity contribution >= 4 is 15.9 Å². The number of rotatable bonds is 3. The molecule has 4 heteroatoms. The van der Waals surface area contributed by atoms with Gasteiger partial charge in [-0.3, -0.25) is 4.90 Å². The minimum absolute atomic E-state index is 0.288. The lowest BCUT2D eigenvalue weighted by Gasteiger charge is -2.26. The molecule has 0 saturated carbocycles. The predicted octanol–water partition coefficient (Wildman–Crippen LogP) is 2.60. The topological polar surface area (TPSA) is 37.4 Å². The Morgan fingerprint density at radius 2 is 2.00 bits per heavy atom. The Labute approximate surface area is 122 Å². The largest absolute Gasteiger partial charge is 0.296 e. The maximum absolute atomic E-state index is 11.7. The van der Waals surface area contributed by atoms with Gasteiger partial charge < -0.3 is 0 Å². The van der Waals surface area contributed by atoms with Gasteiger partial charge in [0.2, 0.25) is 0 Å². The first-order valence-electron chi connectivity index (χ1n) is 7.13. The van der Waals surface area contributed by atoms with Gasteiger partial charge in [-0.15, -0.1) is 0 Å². The summed E-state index contributed by atoms with van der Waals surface area (Å²) in [5, 5.41) is 0. The van der Waals surface area contributed by atoms with Crippen molar-refractivity contribution in [3.63, 3.8) is 0 Å². The van der Waals surface area contributed by atoms with Gasteiger partial charge in [-0.2, -0.15) is 0 Å². The second-order valence-electron chi connectivity index (χ2n) is 5.66. The van der Waals surface area contributed by atoms with E-state index in [2.05, 4.69) is 37.0 Å². The van der Waals surface area contributed by atoms with Gasteiger partial charge >= 0.3 is 0 Å². The van der Waals surface area contributed by atoms with Gasteiger partial charge in [-0.1, -0.05) is 42.0 Å². The van der Waals surface area contributed by atoms with Crippen LogP contribution < -0.4 is 0 Å². The lowest BCUT2D eigenvalue weighted by molar-refractivity contribution is 0.240. The van der Waals surface area contributed by atoms with Crippen molar-refractivity contribution in [3.05, 3.63) is 41.5 Å². The number of sulfone groups is 1. The molecule has 0 spiro atoms. The molecular formula is C16H23NO2S. The molecule has 1 unspecified atom stereocenters. The van der Waals surface area contributed by atoms with Crippen LogP contribution in [0.5, 0.6) is 0 Å². The van der Waals surface area contributed by atoms with Gasteiger partial charge in [-0.05, 0) is 25.8 Å². The maximum Gasteiger partial charge on any atom is 0.151 e. The standard InChI is InChI=1S/C16H23NO2S/c1-14(12-16-6-4-3-5-7-16)13-17-9-11-20(18,19)10-8-15(17)2/h3-7,12,15H,8-11,13H2,1-2H3/b14-12+. The Kier molecular flexibility index (Phi) is 5.00. The molecule has 0 amide bonds. The molecule has 1 aromatic rings. The van der Waals surface area contributed by atoms with Gasteiger partial charge in [-0.25, -0.2) is 8.42 Å². The lowest BCUT2D eigenvalue weighted by atomic mass is 10.1. The first-order chi connectivity index (χ1) is 9.46. The summed E-state index contributed by atoms with van der Waals surface area (Å²) in [5.74, 6) is 0.613. The third-order valence-corrected chi connectivity index (χ3v) is 5.49. The van der Waals surface area contributed by atoms with E-state index < -0.39 is 9.84 Å². The molecule has 3 nitrogen and oxygen atoms in total. The molecule has 1 aliphatic rings. The fourth-order valence-corrected chi connectivity index (χ4v) is 3.96. The molecule has 1 heterocycles. The molecule has 0 aromatic heterocycles. The number of hydrogen-bond donors (Lipinski definition) is 0. The Balaban J connectivity index is 2.03. The van der Waals surface area contributed by atoms with Gasteiger partial charge in [0, 0.05) is 19.1 Å². The molecular weight excluding hydrogens is 270 g/mol. The van der Waals surface area contributed by atoms with Crippen molar-refractivity contribution in [1.29, 1.82) is 0 Å². The molecule has 0 bridgehead atoms. The lowest BCUT2D eigenvalue weighted by Crippen LogP contribution is -2.35. The van der Waals surface area contributed by atoms with Crippen LogP contribution in [-0.4, -0.2) is 44.0 Å². The van der Waals surface area contributed by atoms with E-state index in [4.69, 9.17) is 0 Å². The van der Waals surface area contributed by atoms with Crippen LogP contribution in [0.3, 0.4) is 0 Å². The normalized spacial score (nSPS) is 24.3. The van der Waals surface area contributed by atoms with Crippen molar-refractivity contribution in [1.82, 2.24) is 4.90 Å². The van der Waals surface area contributed by atoms with Crippen LogP contribution in [0.25, 0.3) is 6.08 Å². The monoisotopic (exact) mass is 293 g/mol. The molecule has 0 radical (unpaired) electrons. The summed E-state index contributed by atoms with van der Waals surface area (Å²) in [4.78, 5) is 2.28. The highest BCUT2D eigenvalue weighted by atomic mass is 32.2. The zero-order valence-electron chi connectivity index (χ0n) is 12.2. The van der Waals surface area contributed by atoms with Gasteiger partial charge in [0.05, 0.1) is 11.5 Å². The van der Waals surface area contributed by atoms with Crippen LogP contribution in [0.15, 0.2) is 35.9 Å². The average Bonchev–Trinajstić information content (AvgIpc) is 2.53. The second kappa shape index (κ2) is 6.55. The fourth-order valence-electron chi connectivity index (χ4n) is 2.55. The van der Waals surface area contributed by atoms with Crippen molar-refractivity contribution in [2.45, 2.75) is 26.3 Å². The molecule has 1 saturated heterocycles. The van der Waals surface area contributed by atoms with E-state index in [0.717, 1.165) is 13.0 Å². The Bertz CT molecular complexity index is 563. The summed E-state index contributed by atoms with van der Waals surface area (Å²) in [6, 6.07) is 10.6. The molecule has 110 valence electrons. The third-order valence-electron chi connectivity index (χ3n) is 3.82. The minimum atomic E-state index is -2.84. The SMILES string of the molecule is C/C(=C\c1ccccc1)CN1CCS(=O)(=O)CCC1C. The molecule has 1 aliphatic heterocycles. The molecule has 20 heavy (non-hydrogen) atoms. The summed E-state index contributed by atoms with van der Waals surface area (Å²) in [6.45, 7) is 5.71. The van der Waals surface area contributed by atoms with Gasteiger partial charge in [0.25, 0.3) is 0 Å². The summed E-state index contributed by atoms with van der Waals surface area (Å²) in [5.41, 5.74) is 2.46. The van der Waals surface area contributed by atoms with E-state index >= 15 is 0 Å². The Hall–Kier alpha value is -1.13. The summed E-state index contributed by atoms with van der Waals surface area (Å²) in [7, 11) is -2.84. The van der Waals surface area contributed by atoms with Crippen LogP contribution in [0.4, 0.5) is 0 Å². The summed E-state index contributed by atoms with van der Waals surface area (Å²) >= 11 is 0. The van der Waals surface area contributed by atoms with Crippen LogP contribution in [0.2, 0.25) is 0 Å². The highest BCUT2D eigenvalue weighted by Gasteiger charge is 2.24. The smallest absolute Gasteiger partial charge is 0.151 e. The van der Waals surface area contributed by atoms with Gasteiger partial charge in [0.1, 0.15) is 0 Å². The molecule has 0 aliphatic carbocycles. The predicted molar refractivity (Wildman–Crippen MR) is 84.4 cm³/mol. The van der Waals surface area contributed by atoms with Crippen molar-refractivity contribution < 1.29 is 8.42 Å². The van der Waals surface area contributed by atoms with E-state index in [0.29, 0.717) is 18.3 Å². The third kappa shape index (κ3) is 4.46. The zero-order valence-corrected chi connectivity index (χ0v) is 13.1. The van der Waals surface area contributed by atoms with Crippen LogP contribution in [0, 0.1) is 0 Å². The number of nitrogens with zero attached hydrogens (tertiary/aromatic N) is 1. The quantitative estimate of drug-likeness (QED) is 0.859. The van der Waals surface area contributed by atoms with Crippen molar-refractivity contribution in [2.24, 2.45) is 0 Å². The Morgan fingerprint density at radius 1 is 1.30 bits per heavy atom. The van der Waals surface area contributed by atoms with E-state index in [9.17, 15) is 8.42 Å². The summed E-state index contributed by atoms with van der Waals surface area (Å²) in [6.07, 6.45) is 2.91. The summed E-state index contributed by atoms with van der Waals surface area (Å²) < 4.78 is 23.4. The van der Waals surface area contributed by atoms with E-state index in [1.807, 2.05) is 18.2 Å². The first kappa shape index (κ1) is 15.3. The highest BCUT2D eigenvalue weighted by Crippen LogP contribution is 2.15. The van der Waals surface area contributed by atoms with Crippen LogP contribution >= 0.6 is 0 Å². The second-order valence-corrected chi connectivity index (χ2v) is 7.97. The molecule has 1 aromatic carbocycles. The van der Waals surface area contributed by atoms with Crippen LogP contribution in [0.1, 0.15) is 25.8 Å². The van der Waals surface area contributed by atoms with E-state index in [1.54, 1.807) is 0 Å². The van der Waals surface area contributed by atoms with Crippen LogP contribution in [-0.2, 0) is 9.84 Å². The maximum atomic E-state index is 11.7. The fraction of sp³-hybridized carbons (Fsp3) is 0.500. The van der Waals surface area contributed by atoms with Crippen molar-refractivity contribution in [3.8, 4) is 0 Å². The average molecular weight is 293 g/mol. The highest BCUT2D eigenvalue weighted by molar-refractivity contribution is 7.91. The molecule has 2 rings (SSSR count). The number of hydrogen-bond acceptors (Lipinski definition) is 3. The molecule has 0 N–H and O–H groups in total. The number of benzene rings is 1. The van der Waals surface area contributed by atoms with Crippen molar-refractivity contribution in [2.75, 3.05) is 24.6 Å². The van der Waals surface area contributed by atoms with Gasteiger partial charge in [0.15, 0.2) is 9.84 Å². The van der Waals surface area contributed by atoms with E-state index in [-0.39, 0.29) is 5.75 Å². The molecule has 1 fully saturated rings.